The first-order chi connectivity index (χ1) is 9.01. The standard InChI is InChI=1S/C14H28N2O3/c1-4-6-7-8-9-12(3)15-14(19)16(10-5-2)11-13(17)18/h12H,4-11H2,1-3H3,(H,15,19)(H,17,18). The predicted octanol–water partition coefficient (Wildman–Crippen LogP) is 2.85. The number of hydrogen-bond acceptors (Lipinski definition) is 2. The van der Waals surface area contributed by atoms with Gasteiger partial charge in [0, 0.05) is 12.6 Å². The first-order valence-electron chi connectivity index (χ1n) is 7.28. The number of hydrogen-bond donors (Lipinski definition) is 2. The van der Waals surface area contributed by atoms with E-state index in [9.17, 15) is 9.59 Å². The summed E-state index contributed by atoms with van der Waals surface area (Å²) in [6.07, 6.45) is 6.40. The van der Waals surface area contributed by atoms with Crippen molar-refractivity contribution in [1.82, 2.24) is 10.2 Å². The summed E-state index contributed by atoms with van der Waals surface area (Å²) in [4.78, 5) is 24.0. The third-order valence-electron chi connectivity index (χ3n) is 2.97. The largest absolute Gasteiger partial charge is 0.480 e. The summed E-state index contributed by atoms with van der Waals surface area (Å²) in [6.45, 7) is 6.30. The van der Waals surface area contributed by atoms with E-state index >= 15 is 0 Å². The van der Waals surface area contributed by atoms with E-state index in [1.54, 1.807) is 0 Å². The smallest absolute Gasteiger partial charge is 0.323 e. The monoisotopic (exact) mass is 272 g/mol. The molecule has 0 spiro atoms. The summed E-state index contributed by atoms with van der Waals surface area (Å²) in [7, 11) is 0. The quantitative estimate of drug-likeness (QED) is 0.601. The van der Waals surface area contributed by atoms with E-state index in [4.69, 9.17) is 5.11 Å². The van der Waals surface area contributed by atoms with Gasteiger partial charge >= 0.3 is 12.0 Å². The Kier molecular flexibility index (Phi) is 9.94. The van der Waals surface area contributed by atoms with Crippen LogP contribution in [0.5, 0.6) is 0 Å². The van der Waals surface area contributed by atoms with E-state index in [0.29, 0.717) is 6.54 Å². The second kappa shape index (κ2) is 10.6. The maximum atomic E-state index is 11.9. The molecule has 0 saturated carbocycles. The second-order valence-corrected chi connectivity index (χ2v) is 5.02. The van der Waals surface area contributed by atoms with Crippen LogP contribution < -0.4 is 5.32 Å². The number of nitrogens with zero attached hydrogens (tertiary/aromatic N) is 1. The van der Waals surface area contributed by atoms with Gasteiger partial charge in [-0.15, -0.1) is 0 Å². The topological polar surface area (TPSA) is 69.6 Å². The van der Waals surface area contributed by atoms with E-state index < -0.39 is 5.97 Å². The Hall–Kier alpha value is -1.26. The van der Waals surface area contributed by atoms with E-state index in [1.807, 2.05) is 13.8 Å². The molecule has 0 saturated heterocycles. The normalized spacial score (nSPS) is 11.9. The molecule has 0 bridgehead atoms. The maximum absolute atomic E-state index is 11.9. The number of carbonyl (C=O) groups is 2. The van der Waals surface area contributed by atoms with Gasteiger partial charge in [-0.25, -0.2) is 4.79 Å². The van der Waals surface area contributed by atoms with E-state index in [-0.39, 0.29) is 18.6 Å². The summed E-state index contributed by atoms with van der Waals surface area (Å²) in [6, 6.07) is -0.176. The molecule has 0 aromatic rings. The fourth-order valence-corrected chi connectivity index (χ4v) is 1.94. The summed E-state index contributed by atoms with van der Waals surface area (Å²) >= 11 is 0. The Morgan fingerprint density at radius 3 is 2.37 bits per heavy atom. The number of carbonyl (C=O) groups excluding carboxylic acids is 1. The summed E-state index contributed by atoms with van der Waals surface area (Å²) in [5.41, 5.74) is 0. The maximum Gasteiger partial charge on any atom is 0.323 e. The lowest BCUT2D eigenvalue weighted by atomic mass is 10.1. The van der Waals surface area contributed by atoms with Gasteiger partial charge < -0.3 is 15.3 Å². The van der Waals surface area contributed by atoms with Crippen LogP contribution in [0.15, 0.2) is 0 Å². The lowest BCUT2D eigenvalue weighted by molar-refractivity contribution is -0.137. The zero-order valence-electron chi connectivity index (χ0n) is 12.4. The Balaban J connectivity index is 4.04. The van der Waals surface area contributed by atoms with E-state index in [2.05, 4.69) is 12.2 Å². The van der Waals surface area contributed by atoms with Crippen molar-refractivity contribution < 1.29 is 14.7 Å². The molecule has 2 amide bonds. The van der Waals surface area contributed by atoms with Gasteiger partial charge in [0.2, 0.25) is 0 Å². The minimum Gasteiger partial charge on any atom is -0.480 e. The van der Waals surface area contributed by atoms with Gasteiger partial charge in [0.25, 0.3) is 0 Å². The zero-order chi connectivity index (χ0) is 14.7. The van der Waals surface area contributed by atoms with E-state index in [0.717, 1.165) is 19.3 Å². The van der Waals surface area contributed by atoms with Crippen LogP contribution in [0.4, 0.5) is 4.79 Å². The molecule has 19 heavy (non-hydrogen) atoms. The van der Waals surface area contributed by atoms with Crippen molar-refractivity contribution in [3.8, 4) is 0 Å². The van der Waals surface area contributed by atoms with Gasteiger partial charge in [-0.3, -0.25) is 4.79 Å². The third kappa shape index (κ3) is 9.33. The van der Waals surface area contributed by atoms with Gasteiger partial charge in [0.05, 0.1) is 0 Å². The molecule has 0 aromatic heterocycles. The SMILES string of the molecule is CCCCCCC(C)NC(=O)N(CCC)CC(=O)O. The summed E-state index contributed by atoms with van der Waals surface area (Å²) in [5.74, 6) is -0.973. The molecule has 0 heterocycles. The van der Waals surface area contributed by atoms with Crippen molar-refractivity contribution in [1.29, 1.82) is 0 Å². The number of nitrogens with one attached hydrogen (secondary N) is 1. The van der Waals surface area contributed by atoms with Crippen LogP contribution in [0.1, 0.15) is 59.3 Å². The number of unbranched alkanes of at least 4 members (excludes halogenated alkanes) is 3. The highest BCUT2D eigenvalue weighted by molar-refractivity contribution is 5.80. The first-order valence-corrected chi connectivity index (χ1v) is 7.28. The van der Waals surface area contributed by atoms with Crippen molar-refractivity contribution in [2.75, 3.05) is 13.1 Å². The number of rotatable bonds is 10. The third-order valence-corrected chi connectivity index (χ3v) is 2.97. The van der Waals surface area contributed by atoms with Crippen molar-refractivity contribution in [2.24, 2.45) is 0 Å². The molecular formula is C14H28N2O3. The van der Waals surface area contributed by atoms with Gasteiger partial charge in [-0.05, 0) is 19.8 Å². The number of urea groups is 1. The number of amides is 2. The van der Waals surface area contributed by atoms with Crippen molar-refractivity contribution in [3.05, 3.63) is 0 Å². The van der Waals surface area contributed by atoms with Crippen molar-refractivity contribution in [2.45, 2.75) is 65.3 Å². The van der Waals surface area contributed by atoms with Gasteiger partial charge in [-0.2, -0.15) is 0 Å². The molecule has 0 rings (SSSR count). The van der Waals surface area contributed by atoms with Crippen LogP contribution in [-0.2, 0) is 4.79 Å². The molecule has 0 aromatic carbocycles. The zero-order valence-corrected chi connectivity index (χ0v) is 12.4. The molecule has 0 aliphatic heterocycles. The molecule has 1 atom stereocenters. The predicted molar refractivity (Wildman–Crippen MR) is 76.3 cm³/mol. The molecular weight excluding hydrogens is 244 g/mol. The average molecular weight is 272 g/mol. The summed E-state index contributed by atoms with van der Waals surface area (Å²) < 4.78 is 0. The number of carboxylic acids is 1. The highest BCUT2D eigenvalue weighted by Gasteiger charge is 2.17. The van der Waals surface area contributed by atoms with Crippen molar-refractivity contribution in [3.63, 3.8) is 0 Å². The van der Waals surface area contributed by atoms with Crippen LogP contribution in [0.3, 0.4) is 0 Å². The van der Waals surface area contributed by atoms with E-state index in [1.165, 1.54) is 24.2 Å². The number of carboxylic acid groups (broad SMARTS) is 1. The van der Waals surface area contributed by atoms with Crippen LogP contribution >= 0.6 is 0 Å². The minimum atomic E-state index is -0.973. The van der Waals surface area contributed by atoms with Crippen LogP contribution in [0.2, 0.25) is 0 Å². The molecule has 5 heteroatoms. The van der Waals surface area contributed by atoms with Crippen LogP contribution in [0.25, 0.3) is 0 Å². The van der Waals surface area contributed by atoms with Gasteiger partial charge in [0.1, 0.15) is 6.54 Å². The van der Waals surface area contributed by atoms with Gasteiger partial charge in [-0.1, -0.05) is 39.5 Å². The fourth-order valence-electron chi connectivity index (χ4n) is 1.94. The Labute approximate surface area is 116 Å². The average Bonchev–Trinajstić information content (AvgIpc) is 2.33. The first kappa shape index (κ1) is 17.7. The number of aliphatic carboxylic acids is 1. The molecule has 0 aliphatic carbocycles. The molecule has 112 valence electrons. The molecule has 1 unspecified atom stereocenters. The molecule has 5 nitrogen and oxygen atoms in total. The lowest BCUT2D eigenvalue weighted by Crippen LogP contribution is -2.46. The molecule has 2 N–H and O–H groups in total. The Morgan fingerprint density at radius 1 is 1.16 bits per heavy atom. The minimum absolute atomic E-state index is 0.0949. The Morgan fingerprint density at radius 2 is 1.84 bits per heavy atom. The highest BCUT2D eigenvalue weighted by atomic mass is 16.4. The van der Waals surface area contributed by atoms with Crippen molar-refractivity contribution >= 4 is 12.0 Å². The molecule has 0 fully saturated rings. The lowest BCUT2D eigenvalue weighted by Gasteiger charge is -2.23. The fraction of sp³-hybridized carbons (Fsp3) is 0.857. The van der Waals surface area contributed by atoms with Gasteiger partial charge in [0.15, 0.2) is 0 Å². The molecule has 0 aliphatic rings. The summed E-state index contributed by atoms with van der Waals surface area (Å²) in [5, 5.41) is 11.6. The highest BCUT2D eigenvalue weighted by Crippen LogP contribution is 2.05. The Bertz CT molecular complexity index is 269. The van der Waals surface area contributed by atoms with Crippen LogP contribution in [0, 0.1) is 0 Å². The second-order valence-electron chi connectivity index (χ2n) is 5.02. The molecule has 0 radical (unpaired) electrons. The van der Waals surface area contributed by atoms with Crippen LogP contribution in [-0.4, -0.2) is 41.1 Å².